The zero-order chi connectivity index (χ0) is 14.2. The summed E-state index contributed by atoms with van der Waals surface area (Å²) < 4.78 is 5.44. The molecule has 0 saturated carbocycles. The SMILES string of the molecule is COc1cc(NC2CN3CCC2CC3)c2ncccc2c1. The summed E-state index contributed by atoms with van der Waals surface area (Å²) in [5.74, 6) is 1.68. The lowest BCUT2D eigenvalue weighted by molar-refractivity contribution is 0.0976. The third kappa shape index (κ3) is 2.33. The number of benzene rings is 1. The number of pyridine rings is 1. The maximum atomic E-state index is 5.44. The van der Waals surface area contributed by atoms with E-state index in [0.717, 1.165) is 34.8 Å². The molecule has 1 unspecified atom stereocenters. The highest BCUT2D eigenvalue weighted by atomic mass is 16.5. The zero-order valence-corrected chi connectivity index (χ0v) is 12.4. The molecule has 1 aromatic carbocycles. The van der Waals surface area contributed by atoms with Gasteiger partial charge < -0.3 is 15.0 Å². The van der Waals surface area contributed by atoms with Crippen molar-refractivity contribution in [2.75, 3.05) is 32.1 Å². The van der Waals surface area contributed by atoms with Crippen molar-refractivity contribution >= 4 is 16.6 Å². The van der Waals surface area contributed by atoms with Crippen LogP contribution in [0.5, 0.6) is 5.75 Å². The first-order valence-corrected chi connectivity index (χ1v) is 7.75. The van der Waals surface area contributed by atoms with Gasteiger partial charge >= 0.3 is 0 Å². The highest BCUT2D eigenvalue weighted by molar-refractivity contribution is 5.92. The van der Waals surface area contributed by atoms with Crippen molar-refractivity contribution in [3.8, 4) is 5.75 Å². The van der Waals surface area contributed by atoms with Crippen LogP contribution in [0.25, 0.3) is 10.9 Å². The van der Waals surface area contributed by atoms with Crippen LogP contribution in [0.15, 0.2) is 30.5 Å². The lowest BCUT2D eigenvalue weighted by atomic mass is 9.84. The van der Waals surface area contributed by atoms with E-state index in [1.165, 1.54) is 25.9 Å². The Morgan fingerprint density at radius 2 is 2.14 bits per heavy atom. The fourth-order valence-corrected chi connectivity index (χ4v) is 3.72. The Hall–Kier alpha value is -1.81. The van der Waals surface area contributed by atoms with Crippen LogP contribution in [-0.2, 0) is 0 Å². The van der Waals surface area contributed by atoms with Gasteiger partial charge in [0, 0.05) is 30.2 Å². The van der Waals surface area contributed by atoms with Crippen molar-refractivity contribution < 1.29 is 4.74 Å². The van der Waals surface area contributed by atoms with Gasteiger partial charge in [0.25, 0.3) is 0 Å². The van der Waals surface area contributed by atoms with Crippen molar-refractivity contribution in [1.29, 1.82) is 0 Å². The van der Waals surface area contributed by atoms with Gasteiger partial charge in [-0.25, -0.2) is 0 Å². The Balaban J connectivity index is 1.69. The van der Waals surface area contributed by atoms with Gasteiger partial charge in [-0.05, 0) is 44.0 Å². The number of nitrogens with one attached hydrogen (secondary N) is 1. The van der Waals surface area contributed by atoms with E-state index < -0.39 is 0 Å². The van der Waals surface area contributed by atoms with Crippen LogP contribution in [0.3, 0.4) is 0 Å². The standard InChI is InChI=1S/C17H21N3O/c1-21-14-9-13-3-2-6-18-17(13)15(10-14)19-16-11-20-7-4-12(16)5-8-20/h2-3,6,9-10,12,16,19H,4-5,7-8,11H2,1H3. The Morgan fingerprint density at radius 3 is 2.86 bits per heavy atom. The molecule has 0 amide bonds. The van der Waals surface area contributed by atoms with Gasteiger partial charge in [0.05, 0.1) is 18.3 Å². The summed E-state index contributed by atoms with van der Waals surface area (Å²) in [6.45, 7) is 3.68. The second-order valence-corrected chi connectivity index (χ2v) is 6.14. The molecule has 1 atom stereocenters. The van der Waals surface area contributed by atoms with Gasteiger partial charge in [-0.1, -0.05) is 6.07 Å². The summed E-state index contributed by atoms with van der Waals surface area (Å²) in [6.07, 6.45) is 4.48. The predicted octanol–water partition coefficient (Wildman–Crippen LogP) is 2.75. The smallest absolute Gasteiger partial charge is 0.121 e. The molecular weight excluding hydrogens is 262 g/mol. The molecule has 3 saturated heterocycles. The number of rotatable bonds is 3. The first-order valence-electron chi connectivity index (χ1n) is 7.75. The number of anilines is 1. The molecule has 1 N–H and O–H groups in total. The molecule has 1 aromatic heterocycles. The van der Waals surface area contributed by atoms with E-state index in [2.05, 4.69) is 27.3 Å². The molecule has 0 spiro atoms. The average Bonchev–Trinajstić information content (AvgIpc) is 2.56. The molecular formula is C17H21N3O. The number of ether oxygens (including phenoxy) is 1. The summed E-state index contributed by atoms with van der Waals surface area (Å²) in [4.78, 5) is 7.12. The molecule has 3 aliphatic heterocycles. The van der Waals surface area contributed by atoms with E-state index >= 15 is 0 Å². The van der Waals surface area contributed by atoms with E-state index in [0.29, 0.717) is 6.04 Å². The van der Waals surface area contributed by atoms with E-state index in [1.54, 1.807) is 7.11 Å². The molecule has 2 bridgehead atoms. The predicted molar refractivity (Wildman–Crippen MR) is 84.9 cm³/mol. The summed E-state index contributed by atoms with van der Waals surface area (Å²) in [7, 11) is 1.72. The van der Waals surface area contributed by atoms with E-state index in [1.807, 2.05) is 18.3 Å². The fourth-order valence-electron chi connectivity index (χ4n) is 3.72. The number of hydrogen-bond acceptors (Lipinski definition) is 4. The van der Waals surface area contributed by atoms with Crippen LogP contribution >= 0.6 is 0 Å². The van der Waals surface area contributed by atoms with Crippen LogP contribution in [0, 0.1) is 5.92 Å². The van der Waals surface area contributed by atoms with Crippen molar-refractivity contribution in [1.82, 2.24) is 9.88 Å². The number of fused-ring (bicyclic) bond motifs is 4. The Kier molecular flexibility index (Phi) is 3.19. The number of aromatic nitrogens is 1. The van der Waals surface area contributed by atoms with Gasteiger partial charge in [-0.15, -0.1) is 0 Å². The molecule has 0 aliphatic carbocycles. The largest absolute Gasteiger partial charge is 0.497 e. The monoisotopic (exact) mass is 283 g/mol. The third-order valence-corrected chi connectivity index (χ3v) is 4.91. The number of methoxy groups -OCH3 is 1. The topological polar surface area (TPSA) is 37.4 Å². The molecule has 2 aromatic rings. The van der Waals surface area contributed by atoms with Crippen molar-refractivity contribution in [3.05, 3.63) is 30.5 Å². The normalized spacial score (nSPS) is 27.8. The molecule has 21 heavy (non-hydrogen) atoms. The Labute approximate surface area is 125 Å². The van der Waals surface area contributed by atoms with Crippen molar-refractivity contribution in [3.63, 3.8) is 0 Å². The van der Waals surface area contributed by atoms with E-state index in [4.69, 9.17) is 4.74 Å². The molecule has 4 nitrogen and oxygen atoms in total. The van der Waals surface area contributed by atoms with Crippen LogP contribution in [0.1, 0.15) is 12.8 Å². The minimum atomic E-state index is 0.532. The zero-order valence-electron chi connectivity index (χ0n) is 12.4. The second-order valence-electron chi connectivity index (χ2n) is 6.14. The molecule has 5 rings (SSSR count). The quantitative estimate of drug-likeness (QED) is 0.940. The van der Waals surface area contributed by atoms with E-state index in [9.17, 15) is 0 Å². The maximum absolute atomic E-state index is 5.44. The minimum absolute atomic E-state index is 0.532. The minimum Gasteiger partial charge on any atom is -0.497 e. The molecule has 4 heteroatoms. The van der Waals surface area contributed by atoms with Gasteiger partial charge in [0.1, 0.15) is 5.75 Å². The second kappa shape index (κ2) is 5.19. The maximum Gasteiger partial charge on any atom is 0.121 e. The summed E-state index contributed by atoms with van der Waals surface area (Å²) in [6, 6.07) is 8.72. The molecule has 0 radical (unpaired) electrons. The van der Waals surface area contributed by atoms with Crippen LogP contribution in [0.2, 0.25) is 0 Å². The molecule has 3 aliphatic rings. The summed E-state index contributed by atoms with van der Waals surface area (Å²) in [5, 5.41) is 4.87. The van der Waals surface area contributed by atoms with Crippen LogP contribution in [0.4, 0.5) is 5.69 Å². The third-order valence-electron chi connectivity index (χ3n) is 4.91. The van der Waals surface area contributed by atoms with Gasteiger partial charge in [-0.3, -0.25) is 4.98 Å². The lowest BCUT2D eigenvalue weighted by Crippen LogP contribution is -2.53. The van der Waals surface area contributed by atoms with Crippen molar-refractivity contribution in [2.24, 2.45) is 5.92 Å². The lowest BCUT2D eigenvalue weighted by Gasteiger charge is -2.45. The molecule has 3 fully saturated rings. The van der Waals surface area contributed by atoms with Crippen LogP contribution < -0.4 is 10.1 Å². The Bertz CT molecular complexity index is 650. The first-order chi connectivity index (χ1) is 10.3. The van der Waals surface area contributed by atoms with Gasteiger partial charge in [0.2, 0.25) is 0 Å². The first kappa shape index (κ1) is 12.9. The summed E-state index contributed by atoms with van der Waals surface area (Å²) >= 11 is 0. The van der Waals surface area contributed by atoms with Gasteiger partial charge in [-0.2, -0.15) is 0 Å². The van der Waals surface area contributed by atoms with E-state index in [-0.39, 0.29) is 0 Å². The number of piperidine rings is 3. The highest BCUT2D eigenvalue weighted by Gasteiger charge is 2.34. The van der Waals surface area contributed by atoms with Crippen molar-refractivity contribution in [2.45, 2.75) is 18.9 Å². The number of hydrogen-bond donors (Lipinski definition) is 1. The average molecular weight is 283 g/mol. The molecule has 4 heterocycles. The van der Waals surface area contributed by atoms with Gasteiger partial charge in [0.15, 0.2) is 0 Å². The fraction of sp³-hybridized carbons (Fsp3) is 0.471. The van der Waals surface area contributed by atoms with Crippen LogP contribution in [-0.4, -0.2) is 42.7 Å². The highest BCUT2D eigenvalue weighted by Crippen LogP contribution is 2.33. The number of nitrogens with zero attached hydrogens (tertiary/aromatic N) is 2. The summed E-state index contributed by atoms with van der Waals surface area (Å²) in [5.41, 5.74) is 2.14. The Morgan fingerprint density at radius 1 is 1.29 bits per heavy atom. The molecule has 110 valence electrons.